The number of carbonyl (C=O) groups excluding carboxylic acids is 2. The van der Waals surface area contributed by atoms with Gasteiger partial charge in [-0.3, -0.25) is 9.59 Å². The van der Waals surface area contributed by atoms with E-state index in [1.54, 1.807) is 24.3 Å². The second-order valence-electron chi connectivity index (χ2n) is 7.18. The zero-order valence-corrected chi connectivity index (χ0v) is 17.1. The van der Waals surface area contributed by atoms with Crippen molar-refractivity contribution in [1.29, 1.82) is 0 Å². The lowest BCUT2D eigenvalue weighted by molar-refractivity contribution is 0.102. The summed E-state index contributed by atoms with van der Waals surface area (Å²) in [6.45, 7) is 3.97. The molecule has 0 spiro atoms. The lowest BCUT2D eigenvalue weighted by Gasteiger charge is -2.13. The van der Waals surface area contributed by atoms with Crippen LogP contribution in [-0.4, -0.2) is 25.9 Å². The van der Waals surface area contributed by atoms with Gasteiger partial charge in [0.2, 0.25) is 0 Å². The first-order valence-electron chi connectivity index (χ1n) is 9.41. The van der Waals surface area contributed by atoms with Crippen molar-refractivity contribution in [3.8, 4) is 0 Å². The van der Waals surface area contributed by atoms with Crippen molar-refractivity contribution in [3.63, 3.8) is 0 Å². The van der Waals surface area contributed by atoms with Crippen LogP contribution in [0.5, 0.6) is 0 Å². The predicted molar refractivity (Wildman–Crippen MR) is 119 cm³/mol. The van der Waals surface area contributed by atoms with Crippen LogP contribution in [0.15, 0.2) is 66.7 Å². The summed E-state index contributed by atoms with van der Waals surface area (Å²) in [7, 11) is 3.92. The van der Waals surface area contributed by atoms with Crippen LogP contribution in [0.1, 0.15) is 31.8 Å². The van der Waals surface area contributed by atoms with E-state index in [0.717, 1.165) is 22.5 Å². The van der Waals surface area contributed by atoms with Gasteiger partial charge in [-0.2, -0.15) is 0 Å². The first-order valence-corrected chi connectivity index (χ1v) is 9.41. The molecule has 0 saturated carbocycles. The summed E-state index contributed by atoms with van der Waals surface area (Å²) in [6, 6.07) is 20.0. The Balaban J connectivity index is 1.73. The Bertz CT molecular complexity index is 1040. The fraction of sp³-hybridized carbons (Fsp3) is 0.167. The highest BCUT2D eigenvalue weighted by atomic mass is 16.2. The maximum atomic E-state index is 12.7. The zero-order valence-electron chi connectivity index (χ0n) is 17.1. The maximum absolute atomic E-state index is 12.7. The number of benzene rings is 3. The Hall–Kier alpha value is -3.60. The van der Waals surface area contributed by atoms with Gasteiger partial charge in [-0.05, 0) is 73.5 Å². The number of nitrogens with one attached hydrogen (secondary N) is 2. The zero-order chi connectivity index (χ0) is 21.0. The number of amides is 2. The summed E-state index contributed by atoms with van der Waals surface area (Å²) < 4.78 is 0. The predicted octanol–water partition coefficient (Wildman–Crippen LogP) is 4.87. The van der Waals surface area contributed by atoms with Crippen molar-refractivity contribution < 1.29 is 9.59 Å². The fourth-order valence-electron chi connectivity index (χ4n) is 2.93. The van der Waals surface area contributed by atoms with Crippen molar-refractivity contribution in [3.05, 3.63) is 89.0 Å². The molecule has 0 aromatic heterocycles. The molecule has 0 aliphatic carbocycles. The average Bonchev–Trinajstić information content (AvgIpc) is 2.72. The van der Waals surface area contributed by atoms with Crippen molar-refractivity contribution in [2.45, 2.75) is 13.8 Å². The number of aryl methyl sites for hydroxylation is 1. The van der Waals surface area contributed by atoms with Gasteiger partial charge in [0.05, 0.1) is 0 Å². The molecule has 148 valence electrons. The Morgan fingerprint density at radius 1 is 0.759 bits per heavy atom. The first kappa shape index (κ1) is 20.1. The molecule has 0 bridgehead atoms. The summed E-state index contributed by atoms with van der Waals surface area (Å²) in [5.74, 6) is -0.507. The van der Waals surface area contributed by atoms with Gasteiger partial charge in [-0.1, -0.05) is 18.2 Å². The van der Waals surface area contributed by atoms with E-state index >= 15 is 0 Å². The molecule has 2 N–H and O–H groups in total. The third-order valence-electron chi connectivity index (χ3n) is 4.88. The second-order valence-corrected chi connectivity index (χ2v) is 7.18. The van der Waals surface area contributed by atoms with E-state index < -0.39 is 0 Å². The minimum atomic E-state index is -0.260. The van der Waals surface area contributed by atoms with E-state index in [1.807, 2.05) is 75.3 Å². The van der Waals surface area contributed by atoms with E-state index in [0.29, 0.717) is 16.8 Å². The van der Waals surface area contributed by atoms with Gasteiger partial charge in [-0.25, -0.2) is 0 Å². The maximum Gasteiger partial charge on any atom is 0.255 e. The average molecular weight is 387 g/mol. The Labute approximate surface area is 171 Å². The van der Waals surface area contributed by atoms with Crippen molar-refractivity contribution in [2.75, 3.05) is 29.6 Å². The molecular formula is C24H25N3O2. The standard InChI is InChI=1S/C24H25N3O2/c1-16-7-5-10-22(17(16)2)26-24(29)19-9-6-8-18(15-19)23(28)25-20-11-13-21(14-12-20)27(3)4/h5-15H,1-4H3,(H,25,28)(H,26,29). The molecule has 3 aromatic carbocycles. The molecule has 3 rings (SSSR count). The molecule has 0 unspecified atom stereocenters. The van der Waals surface area contributed by atoms with Gasteiger partial charge in [0, 0.05) is 42.3 Å². The molecule has 5 heteroatoms. The van der Waals surface area contributed by atoms with Gasteiger partial charge in [-0.15, -0.1) is 0 Å². The molecule has 0 radical (unpaired) electrons. The smallest absolute Gasteiger partial charge is 0.255 e. The van der Waals surface area contributed by atoms with Crippen LogP contribution in [0.4, 0.5) is 17.1 Å². The third kappa shape index (κ3) is 4.82. The van der Waals surface area contributed by atoms with Crippen LogP contribution in [-0.2, 0) is 0 Å². The van der Waals surface area contributed by atoms with Gasteiger partial charge >= 0.3 is 0 Å². The number of nitrogens with zero attached hydrogens (tertiary/aromatic N) is 1. The molecule has 0 aliphatic heterocycles. The monoisotopic (exact) mass is 387 g/mol. The van der Waals surface area contributed by atoms with Crippen LogP contribution in [0.2, 0.25) is 0 Å². The van der Waals surface area contributed by atoms with Crippen molar-refractivity contribution >= 4 is 28.9 Å². The molecule has 0 saturated heterocycles. The van der Waals surface area contributed by atoms with Crippen LogP contribution < -0.4 is 15.5 Å². The van der Waals surface area contributed by atoms with E-state index in [-0.39, 0.29) is 11.8 Å². The lowest BCUT2D eigenvalue weighted by atomic mass is 10.1. The molecular weight excluding hydrogens is 362 g/mol. The molecule has 29 heavy (non-hydrogen) atoms. The Morgan fingerprint density at radius 2 is 1.34 bits per heavy atom. The number of carbonyl (C=O) groups is 2. The number of hydrogen-bond donors (Lipinski definition) is 2. The molecule has 0 heterocycles. The summed E-state index contributed by atoms with van der Waals surface area (Å²) in [6.07, 6.45) is 0. The first-order chi connectivity index (χ1) is 13.8. The minimum Gasteiger partial charge on any atom is -0.378 e. The Kier molecular flexibility index (Phi) is 5.98. The van der Waals surface area contributed by atoms with Gasteiger partial charge in [0.25, 0.3) is 11.8 Å². The van der Waals surface area contributed by atoms with Gasteiger partial charge in [0.1, 0.15) is 0 Å². The van der Waals surface area contributed by atoms with Crippen molar-refractivity contribution in [2.24, 2.45) is 0 Å². The highest BCUT2D eigenvalue weighted by molar-refractivity contribution is 6.09. The summed E-state index contributed by atoms with van der Waals surface area (Å²) in [4.78, 5) is 27.3. The van der Waals surface area contributed by atoms with E-state index in [4.69, 9.17) is 0 Å². The largest absolute Gasteiger partial charge is 0.378 e. The van der Waals surface area contributed by atoms with Crippen LogP contribution in [0, 0.1) is 13.8 Å². The molecule has 5 nitrogen and oxygen atoms in total. The normalized spacial score (nSPS) is 10.3. The molecule has 0 fully saturated rings. The SMILES string of the molecule is Cc1cccc(NC(=O)c2cccc(C(=O)Nc3ccc(N(C)C)cc3)c2)c1C. The van der Waals surface area contributed by atoms with Crippen LogP contribution in [0.3, 0.4) is 0 Å². The highest BCUT2D eigenvalue weighted by Gasteiger charge is 2.12. The highest BCUT2D eigenvalue weighted by Crippen LogP contribution is 2.20. The number of hydrogen-bond acceptors (Lipinski definition) is 3. The molecule has 0 aliphatic rings. The van der Waals surface area contributed by atoms with E-state index in [1.165, 1.54) is 0 Å². The molecule has 2 amide bonds. The Morgan fingerprint density at radius 3 is 1.97 bits per heavy atom. The van der Waals surface area contributed by atoms with E-state index in [2.05, 4.69) is 10.6 Å². The summed E-state index contributed by atoms with van der Waals surface area (Å²) in [5, 5.41) is 5.79. The second kappa shape index (κ2) is 8.61. The van der Waals surface area contributed by atoms with Crippen LogP contribution in [0.25, 0.3) is 0 Å². The number of anilines is 3. The fourth-order valence-corrected chi connectivity index (χ4v) is 2.93. The quantitative estimate of drug-likeness (QED) is 0.656. The topological polar surface area (TPSA) is 61.4 Å². The summed E-state index contributed by atoms with van der Waals surface area (Å²) in [5.41, 5.74) is 5.51. The van der Waals surface area contributed by atoms with Gasteiger partial charge < -0.3 is 15.5 Å². The molecule has 3 aromatic rings. The van der Waals surface area contributed by atoms with Crippen LogP contribution >= 0.6 is 0 Å². The molecule has 0 atom stereocenters. The number of rotatable bonds is 5. The van der Waals surface area contributed by atoms with Gasteiger partial charge in [0.15, 0.2) is 0 Å². The van der Waals surface area contributed by atoms with E-state index in [9.17, 15) is 9.59 Å². The minimum absolute atomic E-state index is 0.247. The lowest BCUT2D eigenvalue weighted by Crippen LogP contribution is -2.16. The summed E-state index contributed by atoms with van der Waals surface area (Å²) >= 11 is 0. The third-order valence-corrected chi connectivity index (χ3v) is 4.88. The van der Waals surface area contributed by atoms with Crippen molar-refractivity contribution in [1.82, 2.24) is 0 Å².